The summed E-state index contributed by atoms with van der Waals surface area (Å²) in [6, 6.07) is 26.5. The van der Waals surface area contributed by atoms with Gasteiger partial charge in [-0.05, 0) is 59.1 Å². The van der Waals surface area contributed by atoms with Gasteiger partial charge < -0.3 is 20.4 Å². The van der Waals surface area contributed by atoms with Crippen LogP contribution in [-0.2, 0) is 24.3 Å². The number of nitrogens with one attached hydrogen (secondary N) is 1. The van der Waals surface area contributed by atoms with Crippen molar-refractivity contribution in [2.24, 2.45) is 5.73 Å². The van der Waals surface area contributed by atoms with Gasteiger partial charge in [0.05, 0.1) is 24.2 Å². The molecule has 1 aliphatic rings. The van der Waals surface area contributed by atoms with Crippen molar-refractivity contribution in [3.63, 3.8) is 0 Å². The Labute approximate surface area is 284 Å². The predicted octanol–water partition coefficient (Wildman–Crippen LogP) is 6.56. The SMILES string of the molecule is CCN(Cc1cncn1Cc1ccc(-c2ccc(F)cc2)cc1)C1CCOc2c(C(=O)NC(Cc3ccc(Cl)cc3)C(N)=O)cccc21. The van der Waals surface area contributed by atoms with E-state index < -0.39 is 17.9 Å². The number of halogens is 2. The number of para-hydroxylation sites is 1. The first-order valence-electron chi connectivity index (χ1n) is 16.0. The molecule has 1 aliphatic heterocycles. The van der Waals surface area contributed by atoms with E-state index >= 15 is 0 Å². The Hall–Kier alpha value is -4.99. The minimum Gasteiger partial charge on any atom is -0.492 e. The third-order valence-electron chi connectivity index (χ3n) is 8.78. The number of fused-ring (bicyclic) bond motifs is 1. The van der Waals surface area contributed by atoms with Gasteiger partial charge in [-0.15, -0.1) is 0 Å². The standard InChI is InChI=1S/C38H37ClFN5O3/c1-2-44(23-31-21-42-24-45(31)22-26-6-10-27(11-7-26)28-12-16-30(40)17-13-28)35-18-19-48-36-32(35)4-3-5-33(36)38(47)43-34(37(41)46)20-25-8-14-29(39)15-9-25/h3-17,21,24,34-35H,2,18-20,22-23H2,1H3,(H2,41,46)(H,43,47). The van der Waals surface area contributed by atoms with Crippen LogP contribution in [0.25, 0.3) is 11.1 Å². The molecule has 2 atom stereocenters. The molecule has 4 aromatic carbocycles. The second kappa shape index (κ2) is 14.8. The molecule has 0 saturated heterocycles. The van der Waals surface area contributed by atoms with Crippen molar-refractivity contribution in [3.05, 3.63) is 142 Å². The van der Waals surface area contributed by atoms with Gasteiger partial charge in [0.2, 0.25) is 5.91 Å². The lowest BCUT2D eigenvalue weighted by Crippen LogP contribution is -2.46. The quantitative estimate of drug-likeness (QED) is 0.157. The molecule has 2 heterocycles. The fourth-order valence-electron chi connectivity index (χ4n) is 6.19. The van der Waals surface area contributed by atoms with Gasteiger partial charge in [-0.25, -0.2) is 9.37 Å². The van der Waals surface area contributed by atoms with Crippen LogP contribution in [0, 0.1) is 5.82 Å². The molecule has 0 fully saturated rings. The molecule has 5 aromatic rings. The number of rotatable bonds is 12. The number of carbonyl (C=O) groups excluding carboxylic acids is 2. The molecule has 0 saturated carbocycles. The van der Waals surface area contributed by atoms with Gasteiger partial charge in [0.1, 0.15) is 17.6 Å². The average Bonchev–Trinajstić information content (AvgIpc) is 3.54. The Kier molecular flexibility index (Phi) is 10.2. The topological polar surface area (TPSA) is 102 Å². The number of carbonyl (C=O) groups is 2. The molecule has 3 N–H and O–H groups in total. The van der Waals surface area contributed by atoms with E-state index in [1.165, 1.54) is 12.1 Å². The summed E-state index contributed by atoms with van der Waals surface area (Å²) in [4.78, 5) is 32.7. The van der Waals surface area contributed by atoms with Crippen molar-refractivity contribution in [2.45, 2.75) is 44.9 Å². The summed E-state index contributed by atoms with van der Waals surface area (Å²) in [7, 11) is 0. The second-order valence-corrected chi connectivity index (χ2v) is 12.4. The summed E-state index contributed by atoms with van der Waals surface area (Å²) in [5, 5.41) is 3.40. The van der Waals surface area contributed by atoms with Crippen LogP contribution in [-0.4, -0.2) is 45.5 Å². The summed E-state index contributed by atoms with van der Waals surface area (Å²) >= 11 is 6.00. The lowest BCUT2D eigenvalue weighted by atomic mass is 9.95. The first-order valence-corrected chi connectivity index (χ1v) is 16.3. The largest absolute Gasteiger partial charge is 0.492 e. The molecule has 2 amide bonds. The number of nitrogens with two attached hydrogens (primary N) is 1. The molecule has 8 nitrogen and oxygen atoms in total. The first-order chi connectivity index (χ1) is 23.3. The first kappa shape index (κ1) is 32.9. The molecular weight excluding hydrogens is 629 g/mol. The number of aromatic nitrogens is 2. The van der Waals surface area contributed by atoms with E-state index in [-0.39, 0.29) is 18.3 Å². The molecule has 0 radical (unpaired) electrons. The summed E-state index contributed by atoms with van der Waals surface area (Å²) < 4.78 is 21.6. The van der Waals surface area contributed by atoms with Crippen LogP contribution in [0.15, 0.2) is 104 Å². The van der Waals surface area contributed by atoms with Crippen molar-refractivity contribution < 1.29 is 18.7 Å². The molecule has 0 aliphatic carbocycles. The average molecular weight is 666 g/mol. The fraction of sp³-hybridized carbons (Fsp3) is 0.237. The normalized spacial score (nSPS) is 14.6. The Balaban J connectivity index is 1.16. The van der Waals surface area contributed by atoms with E-state index in [1.54, 1.807) is 42.5 Å². The van der Waals surface area contributed by atoms with Crippen molar-refractivity contribution >= 4 is 23.4 Å². The van der Waals surface area contributed by atoms with Crippen LogP contribution in [0.5, 0.6) is 5.75 Å². The highest BCUT2D eigenvalue weighted by Crippen LogP contribution is 2.39. The maximum absolute atomic E-state index is 13.6. The second-order valence-electron chi connectivity index (χ2n) is 11.9. The summed E-state index contributed by atoms with van der Waals surface area (Å²) in [6.07, 6.45) is 4.73. The number of hydrogen-bond acceptors (Lipinski definition) is 5. The van der Waals surface area contributed by atoms with Gasteiger partial charge in [0.25, 0.3) is 5.91 Å². The summed E-state index contributed by atoms with van der Waals surface area (Å²) in [5.74, 6) is -0.774. The maximum Gasteiger partial charge on any atom is 0.255 e. The zero-order valence-electron chi connectivity index (χ0n) is 26.6. The Morgan fingerprint density at radius 1 is 1.02 bits per heavy atom. The van der Waals surface area contributed by atoms with Crippen LogP contribution in [0.4, 0.5) is 4.39 Å². The highest BCUT2D eigenvalue weighted by molar-refractivity contribution is 6.30. The predicted molar refractivity (Wildman–Crippen MR) is 184 cm³/mol. The highest BCUT2D eigenvalue weighted by Gasteiger charge is 2.31. The molecule has 2 unspecified atom stereocenters. The molecule has 0 spiro atoms. The lowest BCUT2D eigenvalue weighted by Gasteiger charge is -2.36. The molecule has 6 rings (SSSR count). The molecule has 10 heteroatoms. The van der Waals surface area contributed by atoms with Crippen LogP contribution < -0.4 is 15.8 Å². The number of benzene rings is 4. The van der Waals surface area contributed by atoms with Gasteiger partial charge >= 0.3 is 0 Å². The maximum atomic E-state index is 13.6. The van der Waals surface area contributed by atoms with E-state index in [2.05, 4.69) is 38.8 Å². The van der Waals surface area contributed by atoms with E-state index in [4.69, 9.17) is 22.1 Å². The van der Waals surface area contributed by atoms with Crippen molar-refractivity contribution in [2.75, 3.05) is 13.2 Å². The third-order valence-corrected chi connectivity index (χ3v) is 9.04. The Morgan fingerprint density at radius 3 is 2.40 bits per heavy atom. The number of hydrogen-bond donors (Lipinski definition) is 2. The molecule has 246 valence electrons. The smallest absolute Gasteiger partial charge is 0.255 e. The van der Waals surface area contributed by atoms with E-state index in [1.807, 2.05) is 36.8 Å². The van der Waals surface area contributed by atoms with Gasteiger partial charge in [-0.3, -0.25) is 14.5 Å². The zero-order valence-corrected chi connectivity index (χ0v) is 27.4. The molecule has 48 heavy (non-hydrogen) atoms. The zero-order chi connectivity index (χ0) is 33.6. The molecular formula is C38H37ClFN5O3. The van der Waals surface area contributed by atoms with Gasteiger partial charge in [-0.1, -0.05) is 79.2 Å². The Morgan fingerprint density at radius 2 is 1.71 bits per heavy atom. The monoisotopic (exact) mass is 665 g/mol. The number of nitrogens with zero attached hydrogens (tertiary/aromatic N) is 3. The van der Waals surface area contributed by atoms with E-state index in [9.17, 15) is 14.0 Å². The number of amides is 2. The fourth-order valence-corrected chi connectivity index (χ4v) is 6.32. The lowest BCUT2D eigenvalue weighted by molar-refractivity contribution is -0.119. The van der Waals surface area contributed by atoms with Gasteiger partial charge in [-0.2, -0.15) is 0 Å². The van der Waals surface area contributed by atoms with Crippen LogP contribution in [0.2, 0.25) is 5.02 Å². The van der Waals surface area contributed by atoms with Crippen molar-refractivity contribution in [1.29, 1.82) is 0 Å². The third kappa shape index (κ3) is 7.59. The number of imidazole rings is 1. The van der Waals surface area contributed by atoms with Crippen LogP contribution >= 0.6 is 11.6 Å². The van der Waals surface area contributed by atoms with E-state index in [0.29, 0.717) is 36.0 Å². The van der Waals surface area contributed by atoms with Gasteiger partial charge in [0, 0.05) is 48.8 Å². The van der Waals surface area contributed by atoms with E-state index in [0.717, 1.165) is 46.5 Å². The summed E-state index contributed by atoms with van der Waals surface area (Å²) in [6.45, 7) is 4.64. The summed E-state index contributed by atoms with van der Waals surface area (Å²) in [5.41, 5.74) is 12.0. The number of ether oxygens (including phenoxy) is 1. The number of primary amides is 1. The van der Waals surface area contributed by atoms with Crippen molar-refractivity contribution in [1.82, 2.24) is 19.8 Å². The molecule has 1 aromatic heterocycles. The minimum atomic E-state index is -0.902. The van der Waals surface area contributed by atoms with Gasteiger partial charge in [0.15, 0.2) is 0 Å². The van der Waals surface area contributed by atoms with Crippen LogP contribution in [0.3, 0.4) is 0 Å². The highest BCUT2D eigenvalue weighted by atomic mass is 35.5. The minimum absolute atomic E-state index is 0.00541. The Bertz CT molecular complexity index is 1880. The van der Waals surface area contributed by atoms with Crippen LogP contribution in [0.1, 0.15) is 52.1 Å². The molecule has 0 bridgehead atoms. The van der Waals surface area contributed by atoms with Crippen molar-refractivity contribution in [3.8, 4) is 16.9 Å².